The van der Waals surface area contributed by atoms with Gasteiger partial charge in [0.25, 0.3) is 5.56 Å². The van der Waals surface area contributed by atoms with Gasteiger partial charge in [-0.1, -0.05) is 24.9 Å². The van der Waals surface area contributed by atoms with Crippen LogP contribution in [0.3, 0.4) is 0 Å². The fourth-order valence-electron chi connectivity index (χ4n) is 2.66. The van der Waals surface area contributed by atoms with Crippen molar-refractivity contribution in [2.24, 2.45) is 0 Å². The van der Waals surface area contributed by atoms with Gasteiger partial charge in [0.05, 0.1) is 29.6 Å². The summed E-state index contributed by atoms with van der Waals surface area (Å²) >= 11 is 6.11. The van der Waals surface area contributed by atoms with Crippen molar-refractivity contribution in [3.8, 4) is 11.8 Å². The number of aliphatic hydroxyl groups is 1. The Kier molecular flexibility index (Phi) is 7.85. The number of rotatable bonds is 9. The maximum absolute atomic E-state index is 12.2. The van der Waals surface area contributed by atoms with Crippen LogP contribution in [0.25, 0.3) is 0 Å². The third-order valence-corrected chi connectivity index (χ3v) is 4.47. The summed E-state index contributed by atoms with van der Waals surface area (Å²) in [6.07, 6.45) is 2.35. The first-order valence-electron chi connectivity index (χ1n) is 9.22. The molecule has 2 N–H and O–H groups in total. The molecular formula is C20H25ClN4O3. The normalized spacial score (nSPS) is 11.9. The number of aryl methyl sites for hydroxylation is 1. The Hall–Kier alpha value is -2.56. The van der Waals surface area contributed by atoms with Crippen LogP contribution in [-0.2, 0) is 6.42 Å². The summed E-state index contributed by atoms with van der Waals surface area (Å²) in [5.74, 6) is 0.652. The van der Waals surface area contributed by atoms with E-state index in [1.807, 2.05) is 20.8 Å². The van der Waals surface area contributed by atoms with Gasteiger partial charge in [-0.15, -0.1) is 0 Å². The van der Waals surface area contributed by atoms with Crippen molar-refractivity contribution >= 4 is 17.3 Å². The van der Waals surface area contributed by atoms with Crippen LogP contribution in [-0.4, -0.2) is 34.1 Å². The number of halogens is 1. The van der Waals surface area contributed by atoms with Crippen LogP contribution in [0.2, 0.25) is 5.02 Å². The standard InChI is InChI=1S/C20H25ClN4O3/c1-4-5-15-8-14(9-22)6-7-18(15)28-12-16(26)10-23-17-11-24-25(13(2)3)20(27)19(17)21/h6-8,11,13,16,23,26H,4-5,10,12H2,1-3H3. The molecule has 0 amide bonds. The average Bonchev–Trinajstić information content (AvgIpc) is 2.68. The molecule has 0 bridgehead atoms. The number of aliphatic hydroxyl groups excluding tert-OH is 1. The van der Waals surface area contributed by atoms with Gasteiger partial charge in [-0.05, 0) is 44.0 Å². The number of hydrogen-bond acceptors (Lipinski definition) is 6. The van der Waals surface area contributed by atoms with Gasteiger partial charge in [0, 0.05) is 6.54 Å². The number of nitrogens with one attached hydrogen (secondary N) is 1. The molecule has 28 heavy (non-hydrogen) atoms. The van der Waals surface area contributed by atoms with Gasteiger partial charge in [0.1, 0.15) is 23.5 Å². The Labute approximate surface area is 169 Å². The molecule has 1 unspecified atom stereocenters. The molecule has 1 heterocycles. The predicted octanol–water partition coefficient (Wildman–Crippen LogP) is 3.15. The summed E-state index contributed by atoms with van der Waals surface area (Å²) in [5.41, 5.74) is 1.50. The Morgan fingerprint density at radius 1 is 1.43 bits per heavy atom. The van der Waals surface area contributed by atoms with Gasteiger partial charge >= 0.3 is 0 Å². The van der Waals surface area contributed by atoms with Crippen molar-refractivity contribution in [1.29, 1.82) is 5.26 Å². The molecule has 0 spiro atoms. The molecule has 0 saturated heterocycles. The van der Waals surface area contributed by atoms with E-state index in [1.165, 1.54) is 10.9 Å². The highest BCUT2D eigenvalue weighted by Gasteiger charge is 2.13. The Balaban J connectivity index is 1.97. The van der Waals surface area contributed by atoms with E-state index in [0.29, 0.717) is 17.0 Å². The summed E-state index contributed by atoms with van der Waals surface area (Å²) < 4.78 is 7.03. The van der Waals surface area contributed by atoms with Crippen LogP contribution in [0.5, 0.6) is 5.75 Å². The average molecular weight is 405 g/mol. The number of anilines is 1. The van der Waals surface area contributed by atoms with Gasteiger partial charge < -0.3 is 15.2 Å². The Bertz CT molecular complexity index is 905. The van der Waals surface area contributed by atoms with Crippen molar-refractivity contribution < 1.29 is 9.84 Å². The first-order valence-corrected chi connectivity index (χ1v) is 9.60. The zero-order valence-electron chi connectivity index (χ0n) is 16.3. The zero-order chi connectivity index (χ0) is 20.7. The van der Waals surface area contributed by atoms with E-state index >= 15 is 0 Å². The topological polar surface area (TPSA) is 100 Å². The summed E-state index contributed by atoms with van der Waals surface area (Å²) in [6.45, 7) is 5.94. The van der Waals surface area contributed by atoms with E-state index in [-0.39, 0.29) is 29.8 Å². The molecule has 1 aromatic heterocycles. The first kappa shape index (κ1) is 21.7. The third-order valence-electron chi connectivity index (χ3n) is 4.10. The molecule has 150 valence electrons. The van der Waals surface area contributed by atoms with Gasteiger partial charge in [0.15, 0.2) is 0 Å². The molecule has 0 aliphatic rings. The summed E-state index contributed by atoms with van der Waals surface area (Å²) in [5, 5.41) is 26.3. The Morgan fingerprint density at radius 3 is 2.82 bits per heavy atom. The number of benzene rings is 1. The maximum Gasteiger partial charge on any atom is 0.287 e. The number of nitrogens with zero attached hydrogens (tertiary/aromatic N) is 3. The van der Waals surface area contributed by atoms with Crippen molar-refractivity contribution in [2.45, 2.75) is 45.8 Å². The Morgan fingerprint density at radius 2 is 2.18 bits per heavy atom. The van der Waals surface area contributed by atoms with Crippen molar-refractivity contribution in [2.75, 3.05) is 18.5 Å². The van der Waals surface area contributed by atoms with Crippen molar-refractivity contribution in [3.05, 3.63) is 50.9 Å². The molecule has 7 nitrogen and oxygen atoms in total. The fourth-order valence-corrected chi connectivity index (χ4v) is 2.87. The molecule has 2 aromatic rings. The second kappa shape index (κ2) is 10.1. The lowest BCUT2D eigenvalue weighted by molar-refractivity contribution is 0.117. The summed E-state index contributed by atoms with van der Waals surface area (Å²) in [7, 11) is 0. The lowest BCUT2D eigenvalue weighted by Gasteiger charge is -2.17. The maximum atomic E-state index is 12.2. The second-order valence-electron chi connectivity index (χ2n) is 6.75. The minimum Gasteiger partial charge on any atom is -0.491 e. The second-order valence-corrected chi connectivity index (χ2v) is 7.12. The van der Waals surface area contributed by atoms with E-state index in [4.69, 9.17) is 21.6 Å². The SMILES string of the molecule is CCCc1cc(C#N)ccc1OCC(O)CNc1cnn(C(C)C)c(=O)c1Cl. The number of nitriles is 1. The zero-order valence-corrected chi connectivity index (χ0v) is 17.0. The highest BCUT2D eigenvalue weighted by molar-refractivity contribution is 6.32. The smallest absolute Gasteiger partial charge is 0.287 e. The van der Waals surface area contributed by atoms with E-state index in [2.05, 4.69) is 16.5 Å². The van der Waals surface area contributed by atoms with Crippen LogP contribution in [0.4, 0.5) is 5.69 Å². The minimum atomic E-state index is -0.825. The molecule has 2 rings (SSSR count). The van der Waals surface area contributed by atoms with E-state index < -0.39 is 6.10 Å². The van der Waals surface area contributed by atoms with Crippen molar-refractivity contribution in [3.63, 3.8) is 0 Å². The molecule has 1 aromatic carbocycles. The first-order chi connectivity index (χ1) is 13.4. The van der Waals surface area contributed by atoms with Crippen LogP contribution in [0.1, 0.15) is 44.4 Å². The third kappa shape index (κ3) is 5.47. The highest BCUT2D eigenvalue weighted by atomic mass is 35.5. The number of ether oxygens (including phenoxy) is 1. The van der Waals surface area contributed by atoms with E-state index in [9.17, 15) is 9.90 Å². The lowest BCUT2D eigenvalue weighted by Crippen LogP contribution is -2.29. The van der Waals surface area contributed by atoms with Crippen LogP contribution in [0.15, 0.2) is 29.2 Å². The van der Waals surface area contributed by atoms with Gasteiger partial charge in [0.2, 0.25) is 0 Å². The van der Waals surface area contributed by atoms with Gasteiger partial charge in [-0.25, -0.2) is 4.68 Å². The van der Waals surface area contributed by atoms with Crippen molar-refractivity contribution in [1.82, 2.24) is 9.78 Å². The minimum absolute atomic E-state index is 0.0362. The van der Waals surface area contributed by atoms with Gasteiger partial charge in [-0.2, -0.15) is 10.4 Å². The molecule has 8 heteroatoms. The predicted molar refractivity (Wildman–Crippen MR) is 109 cm³/mol. The molecule has 1 atom stereocenters. The number of hydrogen-bond donors (Lipinski definition) is 2. The molecule has 0 saturated carbocycles. The summed E-state index contributed by atoms with van der Waals surface area (Å²) in [4.78, 5) is 12.2. The molecule has 0 aliphatic carbocycles. The molecular weight excluding hydrogens is 380 g/mol. The van der Waals surface area contributed by atoms with Crippen LogP contribution >= 0.6 is 11.6 Å². The lowest BCUT2D eigenvalue weighted by atomic mass is 10.1. The van der Waals surface area contributed by atoms with E-state index in [0.717, 1.165) is 18.4 Å². The highest BCUT2D eigenvalue weighted by Crippen LogP contribution is 2.22. The van der Waals surface area contributed by atoms with Gasteiger partial charge in [-0.3, -0.25) is 4.79 Å². The quantitative estimate of drug-likeness (QED) is 0.665. The molecule has 0 radical (unpaired) electrons. The summed E-state index contributed by atoms with van der Waals surface area (Å²) in [6, 6.07) is 7.26. The largest absolute Gasteiger partial charge is 0.491 e. The van der Waals surface area contributed by atoms with Crippen LogP contribution < -0.4 is 15.6 Å². The fraction of sp³-hybridized carbons (Fsp3) is 0.450. The monoisotopic (exact) mass is 404 g/mol. The van der Waals surface area contributed by atoms with Crippen LogP contribution in [0, 0.1) is 11.3 Å². The number of aromatic nitrogens is 2. The van der Waals surface area contributed by atoms with E-state index in [1.54, 1.807) is 18.2 Å². The molecule has 0 fully saturated rings. The molecule has 0 aliphatic heterocycles.